The fourth-order valence-electron chi connectivity index (χ4n) is 2.15. The van der Waals surface area contributed by atoms with Crippen LogP contribution in [0, 0.1) is 11.3 Å². The summed E-state index contributed by atoms with van der Waals surface area (Å²) in [7, 11) is 1.54. The Kier molecular flexibility index (Phi) is 7.76. The maximum absolute atomic E-state index is 12.6. The second kappa shape index (κ2) is 8.49. The third-order valence-electron chi connectivity index (χ3n) is 3.65. The predicted molar refractivity (Wildman–Crippen MR) is 81.9 cm³/mol. The maximum atomic E-state index is 12.6. The van der Waals surface area contributed by atoms with Gasteiger partial charge in [0.05, 0.1) is 6.54 Å². The first-order valence-electron chi connectivity index (χ1n) is 7.25. The van der Waals surface area contributed by atoms with Crippen molar-refractivity contribution in [3.63, 3.8) is 0 Å². The molecule has 0 aliphatic heterocycles. The van der Waals surface area contributed by atoms with Crippen LogP contribution in [0.15, 0.2) is 5.16 Å². The zero-order valence-electron chi connectivity index (χ0n) is 13.6. The summed E-state index contributed by atoms with van der Waals surface area (Å²) in [6.45, 7) is 8.09. The summed E-state index contributed by atoms with van der Waals surface area (Å²) in [5.41, 5.74) is 4.63. The van der Waals surface area contributed by atoms with Crippen LogP contribution in [0.25, 0.3) is 0 Å². The molecule has 7 nitrogen and oxygen atoms in total. The fraction of sp³-hybridized carbons (Fsp3) is 0.786. The Labute approximate surface area is 126 Å². The van der Waals surface area contributed by atoms with Crippen LogP contribution in [-0.2, 0) is 9.59 Å². The number of nitrogens with two attached hydrogens (primary N) is 1. The second-order valence-corrected chi connectivity index (χ2v) is 5.63. The van der Waals surface area contributed by atoms with Crippen molar-refractivity contribution in [1.29, 1.82) is 0 Å². The Morgan fingerprint density at radius 1 is 1.33 bits per heavy atom. The van der Waals surface area contributed by atoms with Gasteiger partial charge in [-0.1, -0.05) is 32.9 Å². The molecule has 0 fully saturated rings. The van der Waals surface area contributed by atoms with Crippen molar-refractivity contribution in [3.05, 3.63) is 0 Å². The van der Waals surface area contributed by atoms with E-state index in [-0.39, 0.29) is 24.2 Å². The lowest BCUT2D eigenvalue weighted by Gasteiger charge is -2.32. The highest BCUT2D eigenvalue weighted by atomic mass is 16.4. The van der Waals surface area contributed by atoms with E-state index in [9.17, 15) is 9.59 Å². The van der Waals surface area contributed by atoms with E-state index in [0.29, 0.717) is 25.3 Å². The largest absolute Gasteiger partial charge is 0.409 e. The Bertz CT molecular complexity index is 390. The number of hydrogen-bond donors (Lipinski definition) is 3. The third-order valence-corrected chi connectivity index (χ3v) is 3.65. The molecule has 0 saturated heterocycles. The highest BCUT2D eigenvalue weighted by Crippen LogP contribution is 2.29. The van der Waals surface area contributed by atoms with Crippen molar-refractivity contribution in [1.82, 2.24) is 10.2 Å². The first-order chi connectivity index (χ1) is 9.74. The van der Waals surface area contributed by atoms with Crippen LogP contribution in [0.1, 0.15) is 40.5 Å². The van der Waals surface area contributed by atoms with E-state index in [1.165, 1.54) is 4.90 Å². The normalized spacial score (nSPS) is 12.4. The van der Waals surface area contributed by atoms with Gasteiger partial charge in [0, 0.05) is 13.6 Å². The molecule has 0 aromatic heterocycles. The maximum Gasteiger partial charge on any atom is 0.239 e. The Morgan fingerprint density at radius 3 is 2.24 bits per heavy atom. The summed E-state index contributed by atoms with van der Waals surface area (Å²) in [5, 5.41) is 14.6. The van der Waals surface area contributed by atoms with Crippen molar-refractivity contribution < 1.29 is 14.8 Å². The van der Waals surface area contributed by atoms with Crippen molar-refractivity contribution in [3.8, 4) is 0 Å². The molecule has 0 spiro atoms. The lowest BCUT2D eigenvalue weighted by atomic mass is 9.79. The molecule has 0 aromatic rings. The van der Waals surface area contributed by atoms with Gasteiger partial charge < -0.3 is 21.2 Å². The molecule has 0 aliphatic carbocycles. The second-order valence-electron chi connectivity index (χ2n) is 5.63. The number of rotatable bonds is 8. The standard InChI is InChI=1S/C14H28N4O3/c1-6-14(7-2,12(15)17-21)13(20)18(5)9-11(19)16-8-10(3)4/h10,21H,6-9H2,1-5H3,(H2,15,17)(H,16,19). The van der Waals surface area contributed by atoms with E-state index < -0.39 is 5.41 Å². The number of amidine groups is 1. The molecule has 0 heterocycles. The quantitative estimate of drug-likeness (QED) is 0.266. The van der Waals surface area contributed by atoms with E-state index in [1.54, 1.807) is 20.9 Å². The monoisotopic (exact) mass is 300 g/mol. The average molecular weight is 300 g/mol. The molecule has 0 bridgehead atoms. The molecular weight excluding hydrogens is 272 g/mol. The van der Waals surface area contributed by atoms with Crippen LogP contribution in [0.2, 0.25) is 0 Å². The molecule has 21 heavy (non-hydrogen) atoms. The molecule has 0 aliphatic rings. The molecule has 4 N–H and O–H groups in total. The van der Waals surface area contributed by atoms with Gasteiger partial charge in [-0.25, -0.2) is 0 Å². The smallest absolute Gasteiger partial charge is 0.239 e. The molecule has 2 amide bonds. The average Bonchev–Trinajstić information content (AvgIpc) is 2.46. The van der Waals surface area contributed by atoms with Crippen LogP contribution in [0.3, 0.4) is 0 Å². The molecule has 0 rings (SSSR count). The first kappa shape index (κ1) is 19.2. The van der Waals surface area contributed by atoms with Gasteiger partial charge in [-0.3, -0.25) is 9.59 Å². The Hall–Kier alpha value is -1.79. The van der Waals surface area contributed by atoms with Crippen LogP contribution < -0.4 is 11.1 Å². The van der Waals surface area contributed by atoms with E-state index >= 15 is 0 Å². The van der Waals surface area contributed by atoms with Gasteiger partial charge in [0.15, 0.2) is 5.84 Å². The van der Waals surface area contributed by atoms with E-state index in [4.69, 9.17) is 10.9 Å². The molecule has 7 heteroatoms. The summed E-state index contributed by atoms with van der Waals surface area (Å²) >= 11 is 0. The molecule has 0 radical (unpaired) electrons. The van der Waals surface area contributed by atoms with Gasteiger partial charge >= 0.3 is 0 Å². The molecule has 0 unspecified atom stereocenters. The number of nitrogens with one attached hydrogen (secondary N) is 1. The molecule has 122 valence electrons. The number of hydrogen-bond acceptors (Lipinski definition) is 4. The summed E-state index contributed by atoms with van der Waals surface area (Å²) in [6, 6.07) is 0. The molecule has 0 saturated carbocycles. The number of carbonyl (C=O) groups excluding carboxylic acids is 2. The van der Waals surface area contributed by atoms with Gasteiger partial charge in [-0.05, 0) is 18.8 Å². The lowest BCUT2D eigenvalue weighted by Crippen LogP contribution is -2.51. The van der Waals surface area contributed by atoms with Gasteiger partial charge in [-0.2, -0.15) is 0 Å². The summed E-state index contributed by atoms with van der Waals surface area (Å²) < 4.78 is 0. The van der Waals surface area contributed by atoms with Gasteiger partial charge in [0.1, 0.15) is 5.41 Å². The number of oxime groups is 1. The highest BCUT2D eigenvalue weighted by molar-refractivity contribution is 6.07. The van der Waals surface area contributed by atoms with Gasteiger partial charge in [0.2, 0.25) is 11.8 Å². The summed E-state index contributed by atoms with van der Waals surface area (Å²) in [4.78, 5) is 25.7. The minimum Gasteiger partial charge on any atom is -0.409 e. The van der Waals surface area contributed by atoms with Crippen LogP contribution in [-0.4, -0.2) is 47.9 Å². The topological polar surface area (TPSA) is 108 Å². The van der Waals surface area contributed by atoms with Crippen molar-refractivity contribution in [2.75, 3.05) is 20.1 Å². The van der Waals surface area contributed by atoms with Crippen molar-refractivity contribution >= 4 is 17.6 Å². The number of carbonyl (C=O) groups is 2. The Morgan fingerprint density at radius 2 is 1.86 bits per heavy atom. The number of amides is 2. The first-order valence-corrected chi connectivity index (χ1v) is 7.25. The minimum absolute atomic E-state index is 0.0496. The van der Waals surface area contributed by atoms with Gasteiger partial charge in [-0.15, -0.1) is 0 Å². The van der Waals surface area contributed by atoms with Crippen molar-refractivity contribution in [2.24, 2.45) is 22.2 Å². The van der Waals surface area contributed by atoms with E-state index in [0.717, 1.165) is 0 Å². The molecule has 0 aromatic carbocycles. The van der Waals surface area contributed by atoms with Crippen LogP contribution in [0.5, 0.6) is 0 Å². The van der Waals surface area contributed by atoms with Crippen molar-refractivity contribution in [2.45, 2.75) is 40.5 Å². The zero-order chi connectivity index (χ0) is 16.6. The van der Waals surface area contributed by atoms with Gasteiger partial charge in [0.25, 0.3) is 0 Å². The SMILES string of the molecule is CCC(CC)(C(=O)N(C)CC(=O)NCC(C)C)C(N)=NO. The fourth-order valence-corrected chi connectivity index (χ4v) is 2.15. The molecular formula is C14H28N4O3. The number of nitrogens with zero attached hydrogens (tertiary/aromatic N) is 2. The Balaban J connectivity index is 4.92. The zero-order valence-corrected chi connectivity index (χ0v) is 13.6. The molecule has 0 atom stereocenters. The summed E-state index contributed by atoms with van der Waals surface area (Å²) in [6.07, 6.45) is 0.798. The summed E-state index contributed by atoms with van der Waals surface area (Å²) in [5.74, 6) is -0.313. The highest BCUT2D eigenvalue weighted by Gasteiger charge is 2.41. The number of likely N-dealkylation sites (N-methyl/N-ethyl adjacent to an activating group) is 1. The minimum atomic E-state index is -1.07. The van der Waals surface area contributed by atoms with E-state index in [2.05, 4.69) is 10.5 Å². The third kappa shape index (κ3) is 4.91. The predicted octanol–water partition coefficient (Wildman–Crippen LogP) is 0.770. The van der Waals surface area contributed by atoms with E-state index in [1.807, 2.05) is 13.8 Å². The van der Waals surface area contributed by atoms with Crippen LogP contribution in [0.4, 0.5) is 0 Å². The lowest BCUT2D eigenvalue weighted by molar-refractivity contribution is -0.140. The van der Waals surface area contributed by atoms with Crippen LogP contribution >= 0.6 is 0 Å².